The lowest BCUT2D eigenvalue weighted by molar-refractivity contribution is -0.130. The predicted molar refractivity (Wildman–Crippen MR) is 91.3 cm³/mol. The second kappa shape index (κ2) is 8.24. The third-order valence-corrected chi connectivity index (χ3v) is 5.79. The van der Waals surface area contributed by atoms with E-state index in [0.29, 0.717) is 5.56 Å². The molecule has 2 rings (SSSR count). The van der Waals surface area contributed by atoms with E-state index in [2.05, 4.69) is 0 Å². The average molecular weight is 336 g/mol. The molecule has 126 valence electrons. The van der Waals surface area contributed by atoms with Crippen molar-refractivity contribution in [3.63, 3.8) is 0 Å². The molecule has 1 aliphatic heterocycles. The molecule has 6 heteroatoms. The third kappa shape index (κ3) is 4.89. The zero-order valence-electron chi connectivity index (χ0n) is 13.5. The van der Waals surface area contributed by atoms with E-state index in [4.69, 9.17) is 5.73 Å². The average Bonchev–Trinajstić information content (AvgIpc) is 2.82. The van der Waals surface area contributed by atoms with Gasteiger partial charge in [0.2, 0.25) is 11.8 Å². The summed E-state index contributed by atoms with van der Waals surface area (Å²) in [6, 6.07) is 6.78. The van der Waals surface area contributed by atoms with E-state index in [1.165, 1.54) is 0 Å². The summed E-state index contributed by atoms with van der Waals surface area (Å²) in [5.74, 6) is -0.287. The van der Waals surface area contributed by atoms with Crippen LogP contribution in [0.15, 0.2) is 24.3 Å². The van der Waals surface area contributed by atoms with Crippen LogP contribution in [0.1, 0.15) is 48.5 Å². The van der Waals surface area contributed by atoms with Crippen molar-refractivity contribution in [2.24, 2.45) is 5.73 Å². The minimum absolute atomic E-state index is 0.0312. The Morgan fingerprint density at radius 2 is 1.87 bits per heavy atom. The fraction of sp³-hybridized carbons (Fsp3) is 0.529. The number of nitrogens with zero attached hydrogens (tertiary/aromatic N) is 1. The standard InChI is InChI=1S/C17H24N2O3S/c1-13(17(21)19-9-4-2-3-5-10-19)23(22)12-14-7-6-8-15(11-14)16(18)20/h6-8,11,13H,2-5,9-10,12H2,1H3,(H2,18,20). The molecule has 2 N–H and O–H groups in total. The number of likely N-dealkylation sites (tertiary alicyclic amines) is 1. The predicted octanol–water partition coefficient (Wildman–Crippen LogP) is 1.83. The number of hydrogen-bond donors (Lipinski definition) is 1. The molecule has 1 saturated heterocycles. The van der Waals surface area contributed by atoms with Gasteiger partial charge in [0, 0.05) is 35.2 Å². The molecule has 0 aromatic heterocycles. The van der Waals surface area contributed by atoms with Gasteiger partial charge in [0.05, 0.1) is 0 Å². The monoisotopic (exact) mass is 336 g/mol. The van der Waals surface area contributed by atoms with Gasteiger partial charge in [-0.15, -0.1) is 0 Å². The summed E-state index contributed by atoms with van der Waals surface area (Å²) < 4.78 is 12.5. The van der Waals surface area contributed by atoms with Crippen molar-refractivity contribution in [1.29, 1.82) is 0 Å². The Morgan fingerprint density at radius 3 is 2.48 bits per heavy atom. The van der Waals surface area contributed by atoms with Crippen LogP contribution in [0.2, 0.25) is 0 Å². The van der Waals surface area contributed by atoms with Crippen LogP contribution in [0.5, 0.6) is 0 Å². The van der Waals surface area contributed by atoms with Crippen LogP contribution in [-0.2, 0) is 21.3 Å². The molecule has 0 bridgehead atoms. The second-order valence-electron chi connectivity index (χ2n) is 5.97. The highest BCUT2D eigenvalue weighted by Crippen LogP contribution is 2.15. The molecule has 1 aromatic carbocycles. The highest BCUT2D eigenvalue weighted by molar-refractivity contribution is 7.85. The molecule has 1 aromatic rings. The first-order valence-electron chi connectivity index (χ1n) is 8.03. The van der Waals surface area contributed by atoms with E-state index in [0.717, 1.165) is 44.3 Å². The van der Waals surface area contributed by atoms with Crippen molar-refractivity contribution >= 4 is 22.6 Å². The minimum Gasteiger partial charge on any atom is -0.366 e. The summed E-state index contributed by atoms with van der Waals surface area (Å²) >= 11 is 0. The molecule has 2 unspecified atom stereocenters. The molecule has 0 radical (unpaired) electrons. The van der Waals surface area contributed by atoms with Gasteiger partial charge in [-0.3, -0.25) is 13.8 Å². The minimum atomic E-state index is -1.32. The first-order valence-corrected chi connectivity index (χ1v) is 9.42. The van der Waals surface area contributed by atoms with Gasteiger partial charge in [0.25, 0.3) is 0 Å². The number of rotatable bonds is 5. The first kappa shape index (κ1) is 17.7. The molecule has 1 heterocycles. The van der Waals surface area contributed by atoms with Crippen molar-refractivity contribution in [2.75, 3.05) is 13.1 Å². The van der Waals surface area contributed by atoms with Gasteiger partial charge in [-0.05, 0) is 37.5 Å². The molecular weight excluding hydrogens is 312 g/mol. The number of primary amides is 1. The molecule has 1 aliphatic rings. The second-order valence-corrected chi connectivity index (χ2v) is 7.73. The van der Waals surface area contributed by atoms with Gasteiger partial charge in [0.15, 0.2) is 0 Å². The lowest BCUT2D eigenvalue weighted by atomic mass is 10.1. The van der Waals surface area contributed by atoms with E-state index >= 15 is 0 Å². The lowest BCUT2D eigenvalue weighted by Crippen LogP contribution is -2.40. The van der Waals surface area contributed by atoms with Crippen LogP contribution in [0.4, 0.5) is 0 Å². The fourth-order valence-electron chi connectivity index (χ4n) is 2.76. The van der Waals surface area contributed by atoms with E-state index in [1.54, 1.807) is 31.2 Å². The molecule has 2 amide bonds. The SMILES string of the molecule is CC(C(=O)N1CCCCCC1)S(=O)Cc1cccc(C(N)=O)c1. The Labute approximate surface area is 139 Å². The lowest BCUT2D eigenvalue weighted by Gasteiger charge is -2.23. The number of nitrogens with two attached hydrogens (primary N) is 1. The number of hydrogen-bond acceptors (Lipinski definition) is 3. The van der Waals surface area contributed by atoms with Crippen molar-refractivity contribution < 1.29 is 13.8 Å². The van der Waals surface area contributed by atoms with Gasteiger partial charge in [-0.1, -0.05) is 25.0 Å². The van der Waals surface area contributed by atoms with Gasteiger partial charge in [-0.25, -0.2) is 0 Å². The summed E-state index contributed by atoms with van der Waals surface area (Å²) in [7, 11) is -1.32. The molecule has 5 nitrogen and oxygen atoms in total. The van der Waals surface area contributed by atoms with Gasteiger partial charge in [-0.2, -0.15) is 0 Å². The smallest absolute Gasteiger partial charge is 0.248 e. The van der Waals surface area contributed by atoms with E-state index in [9.17, 15) is 13.8 Å². The Hall–Kier alpha value is -1.69. The normalized spacial score (nSPS) is 18.0. The first-order chi connectivity index (χ1) is 11.0. The van der Waals surface area contributed by atoms with Crippen LogP contribution in [0.25, 0.3) is 0 Å². The highest BCUT2D eigenvalue weighted by Gasteiger charge is 2.26. The van der Waals surface area contributed by atoms with Gasteiger partial charge < -0.3 is 10.6 Å². The third-order valence-electron chi connectivity index (χ3n) is 4.18. The quantitative estimate of drug-likeness (QED) is 0.890. The number of carbonyl (C=O) groups excluding carboxylic acids is 2. The molecule has 23 heavy (non-hydrogen) atoms. The number of amides is 2. The van der Waals surface area contributed by atoms with E-state index in [1.807, 2.05) is 4.90 Å². The highest BCUT2D eigenvalue weighted by atomic mass is 32.2. The Balaban J connectivity index is 2.00. The van der Waals surface area contributed by atoms with Crippen LogP contribution in [0.3, 0.4) is 0 Å². The molecule has 2 atom stereocenters. The maximum Gasteiger partial charge on any atom is 0.248 e. The summed E-state index contributed by atoms with van der Waals surface area (Å²) in [5.41, 5.74) is 6.41. The molecule has 0 aliphatic carbocycles. The van der Waals surface area contributed by atoms with Crippen molar-refractivity contribution in [3.8, 4) is 0 Å². The molecular formula is C17H24N2O3S. The van der Waals surface area contributed by atoms with Crippen molar-refractivity contribution in [1.82, 2.24) is 4.90 Å². The molecule has 1 fully saturated rings. The Bertz CT molecular complexity index is 595. The number of benzene rings is 1. The van der Waals surface area contributed by atoms with Crippen LogP contribution in [0, 0.1) is 0 Å². The summed E-state index contributed by atoms with van der Waals surface area (Å²) in [6.45, 7) is 3.25. The summed E-state index contributed by atoms with van der Waals surface area (Å²) in [4.78, 5) is 25.6. The van der Waals surface area contributed by atoms with E-state index < -0.39 is 22.0 Å². The van der Waals surface area contributed by atoms with Crippen LogP contribution >= 0.6 is 0 Å². The summed E-state index contributed by atoms with van der Waals surface area (Å²) in [6.07, 6.45) is 4.35. The zero-order valence-corrected chi connectivity index (χ0v) is 14.3. The van der Waals surface area contributed by atoms with Gasteiger partial charge in [0.1, 0.15) is 5.25 Å². The zero-order chi connectivity index (χ0) is 16.8. The van der Waals surface area contributed by atoms with Crippen LogP contribution < -0.4 is 5.73 Å². The Kier molecular flexibility index (Phi) is 6.33. The van der Waals surface area contributed by atoms with Crippen LogP contribution in [-0.4, -0.2) is 39.3 Å². The largest absolute Gasteiger partial charge is 0.366 e. The van der Waals surface area contributed by atoms with Crippen molar-refractivity contribution in [2.45, 2.75) is 43.6 Å². The molecule has 0 spiro atoms. The number of carbonyl (C=O) groups is 2. The summed E-state index contributed by atoms with van der Waals surface area (Å²) in [5, 5.41) is -0.537. The fourth-order valence-corrected chi connectivity index (χ4v) is 3.90. The van der Waals surface area contributed by atoms with E-state index in [-0.39, 0.29) is 11.7 Å². The topological polar surface area (TPSA) is 80.5 Å². The maximum absolute atomic E-state index is 12.5. The van der Waals surface area contributed by atoms with Gasteiger partial charge >= 0.3 is 0 Å². The van der Waals surface area contributed by atoms with Crippen molar-refractivity contribution in [3.05, 3.63) is 35.4 Å². The maximum atomic E-state index is 12.5. The molecule has 0 saturated carbocycles. The Morgan fingerprint density at radius 1 is 1.22 bits per heavy atom.